The number of rotatable bonds is 7. The Morgan fingerprint density at radius 1 is 1.39 bits per heavy atom. The van der Waals surface area contributed by atoms with E-state index in [0.29, 0.717) is 17.0 Å². The first-order chi connectivity index (χ1) is 8.37. The molecule has 0 bridgehead atoms. The quantitative estimate of drug-likeness (QED) is 0.718. The lowest BCUT2D eigenvalue weighted by Crippen LogP contribution is -2.11. The SMILES string of the molecule is CCS(=O)(=O)CCCC(=O)c1snnc1C(C)C. The molecule has 7 heteroatoms. The molecule has 0 radical (unpaired) electrons. The molecule has 1 heterocycles. The van der Waals surface area contributed by atoms with Crippen molar-refractivity contribution in [2.45, 2.75) is 39.5 Å². The number of carbonyl (C=O) groups excluding carboxylic acids is 1. The van der Waals surface area contributed by atoms with Gasteiger partial charge in [0.25, 0.3) is 0 Å². The molecule has 0 saturated heterocycles. The number of sulfone groups is 1. The Balaban J connectivity index is 2.59. The van der Waals surface area contributed by atoms with Gasteiger partial charge in [0, 0.05) is 12.2 Å². The summed E-state index contributed by atoms with van der Waals surface area (Å²) in [5.74, 6) is 0.293. The van der Waals surface area contributed by atoms with E-state index in [1.807, 2.05) is 13.8 Å². The van der Waals surface area contributed by atoms with Crippen molar-refractivity contribution in [2.75, 3.05) is 11.5 Å². The molecule has 0 spiro atoms. The summed E-state index contributed by atoms with van der Waals surface area (Å²) in [6.45, 7) is 5.52. The van der Waals surface area contributed by atoms with Crippen LogP contribution in [0.2, 0.25) is 0 Å². The van der Waals surface area contributed by atoms with E-state index in [1.54, 1.807) is 6.92 Å². The summed E-state index contributed by atoms with van der Waals surface area (Å²) >= 11 is 1.09. The molecule has 0 fully saturated rings. The third-order valence-corrected chi connectivity index (χ3v) is 5.19. The van der Waals surface area contributed by atoms with Crippen LogP contribution in [0.3, 0.4) is 0 Å². The third-order valence-electron chi connectivity index (χ3n) is 2.61. The first-order valence-electron chi connectivity index (χ1n) is 5.93. The van der Waals surface area contributed by atoms with Crippen LogP contribution in [0.1, 0.15) is 54.9 Å². The molecular formula is C11H18N2O3S2. The van der Waals surface area contributed by atoms with Gasteiger partial charge < -0.3 is 0 Å². The van der Waals surface area contributed by atoms with Gasteiger partial charge in [-0.25, -0.2) is 8.42 Å². The third kappa shape index (κ3) is 4.13. The smallest absolute Gasteiger partial charge is 0.176 e. The van der Waals surface area contributed by atoms with Gasteiger partial charge in [-0.1, -0.05) is 25.3 Å². The van der Waals surface area contributed by atoms with E-state index < -0.39 is 9.84 Å². The Hall–Kier alpha value is -0.820. The van der Waals surface area contributed by atoms with Crippen LogP contribution in [0, 0.1) is 0 Å². The van der Waals surface area contributed by atoms with Gasteiger partial charge >= 0.3 is 0 Å². The van der Waals surface area contributed by atoms with Crippen molar-refractivity contribution in [1.82, 2.24) is 9.59 Å². The van der Waals surface area contributed by atoms with Crippen molar-refractivity contribution < 1.29 is 13.2 Å². The van der Waals surface area contributed by atoms with E-state index in [0.717, 1.165) is 11.5 Å². The fourth-order valence-electron chi connectivity index (χ4n) is 1.48. The van der Waals surface area contributed by atoms with Crippen LogP contribution in [0.4, 0.5) is 0 Å². The van der Waals surface area contributed by atoms with Crippen molar-refractivity contribution in [1.29, 1.82) is 0 Å². The number of Topliss-reactive ketones (excluding diaryl/α,β-unsaturated/α-hetero) is 1. The van der Waals surface area contributed by atoms with Gasteiger partial charge in [0.2, 0.25) is 0 Å². The van der Waals surface area contributed by atoms with Crippen LogP contribution < -0.4 is 0 Å². The number of nitrogens with zero attached hydrogens (tertiary/aromatic N) is 2. The maximum absolute atomic E-state index is 11.9. The van der Waals surface area contributed by atoms with E-state index in [1.165, 1.54) is 0 Å². The molecule has 0 atom stereocenters. The largest absolute Gasteiger partial charge is 0.293 e. The highest BCUT2D eigenvalue weighted by Gasteiger charge is 2.19. The molecule has 5 nitrogen and oxygen atoms in total. The minimum Gasteiger partial charge on any atom is -0.293 e. The molecule has 0 N–H and O–H groups in total. The van der Waals surface area contributed by atoms with Crippen LogP contribution in [-0.2, 0) is 9.84 Å². The molecule has 0 aliphatic rings. The van der Waals surface area contributed by atoms with Crippen LogP contribution in [-0.4, -0.2) is 35.3 Å². The van der Waals surface area contributed by atoms with Crippen LogP contribution in [0.5, 0.6) is 0 Å². The summed E-state index contributed by atoms with van der Waals surface area (Å²) in [5, 5.41) is 3.94. The van der Waals surface area contributed by atoms with E-state index >= 15 is 0 Å². The minimum absolute atomic E-state index is 0.0556. The summed E-state index contributed by atoms with van der Waals surface area (Å²) < 4.78 is 26.4. The second-order valence-electron chi connectivity index (χ2n) is 4.41. The van der Waals surface area contributed by atoms with E-state index in [2.05, 4.69) is 9.59 Å². The molecular weight excluding hydrogens is 272 g/mol. The lowest BCUT2D eigenvalue weighted by molar-refractivity contribution is 0.0984. The Labute approximate surface area is 112 Å². The Morgan fingerprint density at radius 2 is 2.06 bits per heavy atom. The molecule has 0 aliphatic heterocycles. The van der Waals surface area contributed by atoms with Gasteiger partial charge in [0.15, 0.2) is 5.78 Å². The van der Waals surface area contributed by atoms with E-state index in [4.69, 9.17) is 0 Å². The fraction of sp³-hybridized carbons (Fsp3) is 0.727. The standard InChI is InChI=1S/C11H18N2O3S2/c1-4-18(15,16)7-5-6-9(14)11-10(8(2)3)12-13-17-11/h8H,4-7H2,1-3H3. The first kappa shape index (κ1) is 15.2. The lowest BCUT2D eigenvalue weighted by Gasteiger charge is -2.03. The summed E-state index contributed by atoms with van der Waals surface area (Å²) in [7, 11) is -2.99. The molecule has 0 unspecified atom stereocenters. The highest BCUT2D eigenvalue weighted by Crippen LogP contribution is 2.21. The zero-order valence-electron chi connectivity index (χ0n) is 10.8. The number of aromatic nitrogens is 2. The van der Waals surface area contributed by atoms with Gasteiger partial charge in [-0.3, -0.25) is 4.79 Å². The molecule has 1 aromatic rings. The zero-order chi connectivity index (χ0) is 13.8. The van der Waals surface area contributed by atoms with Gasteiger partial charge in [-0.2, -0.15) is 0 Å². The Kier molecular flexibility index (Phi) is 5.40. The van der Waals surface area contributed by atoms with Crippen molar-refractivity contribution in [2.24, 2.45) is 0 Å². The van der Waals surface area contributed by atoms with Crippen molar-refractivity contribution in [3.05, 3.63) is 10.6 Å². The highest BCUT2D eigenvalue weighted by molar-refractivity contribution is 7.91. The van der Waals surface area contributed by atoms with Crippen LogP contribution in [0.25, 0.3) is 0 Å². The Morgan fingerprint density at radius 3 is 2.61 bits per heavy atom. The van der Waals surface area contributed by atoms with Crippen molar-refractivity contribution in [3.8, 4) is 0 Å². The summed E-state index contributed by atoms with van der Waals surface area (Å²) in [5.41, 5.74) is 0.711. The van der Waals surface area contributed by atoms with Crippen LogP contribution >= 0.6 is 11.5 Å². The molecule has 18 heavy (non-hydrogen) atoms. The second kappa shape index (κ2) is 6.38. The van der Waals surface area contributed by atoms with Gasteiger partial charge in [-0.05, 0) is 23.9 Å². The molecule has 1 aromatic heterocycles. The maximum Gasteiger partial charge on any atom is 0.176 e. The molecule has 0 saturated carbocycles. The predicted octanol–water partition coefficient (Wildman–Crippen LogP) is 2.06. The van der Waals surface area contributed by atoms with E-state index in [9.17, 15) is 13.2 Å². The van der Waals surface area contributed by atoms with Gasteiger partial charge in [-0.15, -0.1) is 5.10 Å². The fourth-order valence-corrected chi connectivity index (χ4v) is 3.14. The van der Waals surface area contributed by atoms with E-state index in [-0.39, 0.29) is 29.6 Å². The topological polar surface area (TPSA) is 77.0 Å². The average Bonchev–Trinajstić information content (AvgIpc) is 2.77. The second-order valence-corrected chi connectivity index (χ2v) is 7.63. The number of carbonyl (C=O) groups is 1. The summed E-state index contributed by atoms with van der Waals surface area (Å²) in [6, 6.07) is 0. The number of hydrogen-bond donors (Lipinski definition) is 0. The first-order valence-corrected chi connectivity index (χ1v) is 8.52. The number of ketones is 1. The van der Waals surface area contributed by atoms with Crippen LogP contribution in [0.15, 0.2) is 0 Å². The summed E-state index contributed by atoms with van der Waals surface area (Å²) in [4.78, 5) is 12.5. The molecule has 0 aromatic carbocycles. The zero-order valence-corrected chi connectivity index (χ0v) is 12.5. The monoisotopic (exact) mass is 290 g/mol. The molecule has 1 rings (SSSR count). The minimum atomic E-state index is -2.99. The maximum atomic E-state index is 11.9. The normalized spacial score (nSPS) is 12.0. The molecule has 0 aliphatic carbocycles. The molecule has 0 amide bonds. The average molecular weight is 290 g/mol. The van der Waals surface area contributed by atoms with Crippen molar-refractivity contribution >= 4 is 27.2 Å². The highest BCUT2D eigenvalue weighted by atomic mass is 32.2. The lowest BCUT2D eigenvalue weighted by atomic mass is 10.1. The molecule has 102 valence electrons. The Bertz CT molecular complexity index is 506. The van der Waals surface area contributed by atoms with Gasteiger partial charge in [0.05, 0.1) is 11.4 Å². The number of hydrogen-bond acceptors (Lipinski definition) is 6. The van der Waals surface area contributed by atoms with Crippen molar-refractivity contribution in [3.63, 3.8) is 0 Å². The summed E-state index contributed by atoms with van der Waals surface area (Å²) in [6.07, 6.45) is 0.604. The van der Waals surface area contributed by atoms with Gasteiger partial charge in [0.1, 0.15) is 14.7 Å². The predicted molar refractivity (Wildman–Crippen MR) is 71.9 cm³/mol.